The van der Waals surface area contributed by atoms with Crippen LogP contribution in [0.25, 0.3) is 16.5 Å². The van der Waals surface area contributed by atoms with Gasteiger partial charge >= 0.3 is 0 Å². The molecule has 80 valence electrons. The molecule has 0 atom stereocenters. The summed E-state index contributed by atoms with van der Waals surface area (Å²) < 4.78 is 0. The van der Waals surface area contributed by atoms with Gasteiger partial charge in [0.05, 0.1) is 0 Å². The maximum Gasteiger partial charge on any atom is 0.0494 e. The zero-order chi connectivity index (χ0) is 11.5. The minimum absolute atomic E-state index is 1.07. The summed E-state index contributed by atoms with van der Waals surface area (Å²) in [6, 6.07) is 8.30. The number of rotatable bonds is 3. The minimum atomic E-state index is 1.07. The molecule has 0 spiro atoms. The Hall–Kier alpha value is -2.02. The molecule has 0 aliphatic carbocycles. The molecule has 0 saturated carbocycles. The molecule has 1 aromatic carbocycles. The quantitative estimate of drug-likeness (QED) is 0.728. The second-order valence-electron chi connectivity index (χ2n) is 3.73. The molecule has 0 unspecified atom stereocenters. The topological polar surface area (TPSA) is 15.8 Å². The maximum atomic E-state index is 3.83. The number of nitrogens with one attached hydrogen (secondary N) is 1. The molecule has 0 fully saturated rings. The number of para-hydroxylation sites is 1. The maximum absolute atomic E-state index is 3.83. The Balaban J connectivity index is 2.69. The number of allylic oxidation sites excluding steroid dienone is 4. The summed E-state index contributed by atoms with van der Waals surface area (Å²) in [6.07, 6.45) is 5.59. The van der Waals surface area contributed by atoms with Gasteiger partial charge in [0.1, 0.15) is 0 Å². The standard InChI is InChI=1S/C15H15N/c1-4-8-12(5-2)15-11(3)13-9-6-7-10-14(13)16-15/h4-10,16H,1-2H2,3H3/b12-8+. The van der Waals surface area contributed by atoms with Crippen LogP contribution >= 0.6 is 0 Å². The van der Waals surface area contributed by atoms with E-state index in [-0.39, 0.29) is 0 Å². The van der Waals surface area contributed by atoms with Gasteiger partial charge in [-0.2, -0.15) is 0 Å². The number of aryl methyl sites for hydroxylation is 1. The van der Waals surface area contributed by atoms with Crippen molar-refractivity contribution in [1.82, 2.24) is 4.98 Å². The first kappa shape index (κ1) is 10.5. The van der Waals surface area contributed by atoms with E-state index >= 15 is 0 Å². The smallest absolute Gasteiger partial charge is 0.0494 e. The fourth-order valence-corrected chi connectivity index (χ4v) is 1.95. The van der Waals surface area contributed by atoms with E-state index in [0.717, 1.165) is 16.8 Å². The van der Waals surface area contributed by atoms with Crippen molar-refractivity contribution in [2.75, 3.05) is 0 Å². The lowest BCUT2D eigenvalue weighted by Gasteiger charge is -1.99. The molecule has 0 saturated heterocycles. The van der Waals surface area contributed by atoms with Crippen LogP contribution < -0.4 is 0 Å². The van der Waals surface area contributed by atoms with Crippen molar-refractivity contribution in [2.45, 2.75) is 6.92 Å². The summed E-state index contributed by atoms with van der Waals surface area (Å²) in [6.45, 7) is 9.67. The van der Waals surface area contributed by atoms with Crippen molar-refractivity contribution in [3.05, 3.63) is 66.9 Å². The molecule has 2 rings (SSSR count). The van der Waals surface area contributed by atoms with Gasteiger partial charge in [-0.3, -0.25) is 0 Å². The van der Waals surface area contributed by atoms with Gasteiger partial charge in [0.25, 0.3) is 0 Å². The third kappa shape index (κ3) is 1.61. The van der Waals surface area contributed by atoms with Gasteiger partial charge in [0, 0.05) is 16.6 Å². The molecular weight excluding hydrogens is 194 g/mol. The third-order valence-corrected chi connectivity index (χ3v) is 2.77. The van der Waals surface area contributed by atoms with Crippen LogP contribution in [-0.4, -0.2) is 4.98 Å². The molecule has 0 bridgehead atoms. The van der Waals surface area contributed by atoms with Crippen molar-refractivity contribution in [3.8, 4) is 0 Å². The first-order chi connectivity index (χ1) is 7.77. The van der Waals surface area contributed by atoms with Gasteiger partial charge in [0.15, 0.2) is 0 Å². The van der Waals surface area contributed by atoms with E-state index in [0.29, 0.717) is 0 Å². The lowest BCUT2D eigenvalue weighted by Crippen LogP contribution is -1.83. The molecule has 0 radical (unpaired) electrons. The fraction of sp³-hybridized carbons (Fsp3) is 0.0667. The second-order valence-corrected chi connectivity index (χ2v) is 3.73. The summed E-state index contributed by atoms with van der Waals surface area (Å²) in [7, 11) is 0. The fourth-order valence-electron chi connectivity index (χ4n) is 1.95. The lowest BCUT2D eigenvalue weighted by atomic mass is 10.1. The van der Waals surface area contributed by atoms with Gasteiger partial charge in [-0.25, -0.2) is 0 Å². The summed E-state index contributed by atoms with van der Waals surface area (Å²) in [5.74, 6) is 0. The van der Waals surface area contributed by atoms with Gasteiger partial charge in [-0.15, -0.1) is 0 Å². The Kier molecular flexibility index (Phi) is 2.78. The highest BCUT2D eigenvalue weighted by molar-refractivity contribution is 5.90. The third-order valence-electron chi connectivity index (χ3n) is 2.77. The van der Waals surface area contributed by atoms with Crippen LogP contribution in [0.2, 0.25) is 0 Å². The Morgan fingerprint density at radius 1 is 1.25 bits per heavy atom. The molecule has 1 N–H and O–H groups in total. The molecule has 0 aliphatic heterocycles. The molecular formula is C15H15N. The molecule has 16 heavy (non-hydrogen) atoms. The van der Waals surface area contributed by atoms with Crippen molar-refractivity contribution in [1.29, 1.82) is 0 Å². The van der Waals surface area contributed by atoms with Crippen LogP contribution in [0.15, 0.2) is 55.7 Å². The van der Waals surface area contributed by atoms with E-state index in [2.05, 4.69) is 43.3 Å². The lowest BCUT2D eigenvalue weighted by molar-refractivity contribution is 1.36. The van der Waals surface area contributed by atoms with Gasteiger partial charge < -0.3 is 4.98 Å². The average molecular weight is 209 g/mol. The van der Waals surface area contributed by atoms with Crippen LogP contribution in [0.1, 0.15) is 11.3 Å². The molecule has 1 heteroatoms. The predicted octanol–water partition coefficient (Wildman–Crippen LogP) is 4.23. The highest BCUT2D eigenvalue weighted by Crippen LogP contribution is 2.26. The number of benzene rings is 1. The minimum Gasteiger partial charge on any atom is -0.354 e. The van der Waals surface area contributed by atoms with Gasteiger partial charge in [-0.1, -0.05) is 49.6 Å². The summed E-state index contributed by atoms with van der Waals surface area (Å²) in [5.41, 5.74) is 4.61. The van der Waals surface area contributed by atoms with Crippen molar-refractivity contribution in [3.63, 3.8) is 0 Å². The highest BCUT2D eigenvalue weighted by atomic mass is 14.7. The Bertz CT molecular complexity index is 570. The monoisotopic (exact) mass is 209 g/mol. The van der Waals surface area contributed by atoms with E-state index in [1.807, 2.05) is 18.2 Å². The van der Waals surface area contributed by atoms with E-state index in [4.69, 9.17) is 0 Å². The van der Waals surface area contributed by atoms with E-state index in [1.54, 1.807) is 6.08 Å². The second kappa shape index (κ2) is 4.23. The number of aromatic nitrogens is 1. The molecule has 1 heterocycles. The van der Waals surface area contributed by atoms with Crippen LogP contribution in [0, 0.1) is 6.92 Å². The number of aromatic amines is 1. The number of hydrogen-bond acceptors (Lipinski definition) is 0. The van der Waals surface area contributed by atoms with Crippen LogP contribution in [0.4, 0.5) is 0 Å². The van der Waals surface area contributed by atoms with E-state index in [1.165, 1.54) is 10.9 Å². The first-order valence-electron chi connectivity index (χ1n) is 5.30. The largest absolute Gasteiger partial charge is 0.354 e. The SMILES string of the molecule is C=C/C=C(\C=C)c1[nH]c2ccccc2c1C. The van der Waals surface area contributed by atoms with Crippen LogP contribution in [0.3, 0.4) is 0 Å². The zero-order valence-electron chi connectivity index (χ0n) is 9.46. The van der Waals surface area contributed by atoms with Crippen molar-refractivity contribution >= 4 is 16.5 Å². The number of H-pyrrole nitrogens is 1. The number of fused-ring (bicyclic) bond motifs is 1. The first-order valence-corrected chi connectivity index (χ1v) is 5.30. The zero-order valence-corrected chi connectivity index (χ0v) is 9.46. The molecule has 2 aromatic rings. The van der Waals surface area contributed by atoms with Gasteiger partial charge in [0.2, 0.25) is 0 Å². The van der Waals surface area contributed by atoms with Crippen LogP contribution in [0.5, 0.6) is 0 Å². The van der Waals surface area contributed by atoms with Crippen LogP contribution in [-0.2, 0) is 0 Å². The van der Waals surface area contributed by atoms with Crippen molar-refractivity contribution < 1.29 is 0 Å². The molecule has 1 aromatic heterocycles. The number of hydrogen-bond donors (Lipinski definition) is 1. The van der Waals surface area contributed by atoms with Gasteiger partial charge in [-0.05, 0) is 24.1 Å². The Morgan fingerprint density at radius 2 is 2.00 bits per heavy atom. The molecule has 1 nitrogen and oxygen atoms in total. The van der Waals surface area contributed by atoms with Crippen molar-refractivity contribution in [2.24, 2.45) is 0 Å². The van der Waals surface area contributed by atoms with E-state index in [9.17, 15) is 0 Å². The van der Waals surface area contributed by atoms with E-state index < -0.39 is 0 Å². The summed E-state index contributed by atoms with van der Waals surface area (Å²) in [5, 5.41) is 1.26. The predicted molar refractivity (Wildman–Crippen MR) is 71.4 cm³/mol. The summed E-state index contributed by atoms with van der Waals surface area (Å²) in [4.78, 5) is 3.41. The molecule has 0 amide bonds. The molecule has 0 aliphatic rings. The highest BCUT2D eigenvalue weighted by Gasteiger charge is 2.08. The normalized spacial score (nSPS) is 11.7. The Morgan fingerprint density at radius 3 is 2.62 bits per heavy atom. The Labute approximate surface area is 95.8 Å². The summed E-state index contributed by atoms with van der Waals surface area (Å²) >= 11 is 0. The average Bonchev–Trinajstić information content (AvgIpc) is 2.64.